The first-order valence-electron chi connectivity index (χ1n) is 3.95. The van der Waals surface area contributed by atoms with Crippen LogP contribution in [0, 0.1) is 0 Å². The Morgan fingerprint density at radius 3 is 2.47 bits per heavy atom. The van der Waals surface area contributed by atoms with E-state index >= 15 is 0 Å². The van der Waals surface area contributed by atoms with Crippen molar-refractivity contribution < 1.29 is 19.8 Å². The van der Waals surface area contributed by atoms with Crippen LogP contribution in [0.25, 0.3) is 0 Å². The van der Waals surface area contributed by atoms with Crippen molar-refractivity contribution in [3.8, 4) is 5.75 Å². The Morgan fingerprint density at radius 1 is 1.40 bits per heavy atom. The van der Waals surface area contributed by atoms with Gasteiger partial charge in [0.25, 0.3) is 0 Å². The number of carbonyl (C=O) groups is 2. The minimum absolute atomic E-state index is 0.0871. The molecule has 80 valence electrons. The predicted octanol–water partition coefficient (Wildman–Crippen LogP) is 1.81. The number of aromatic carboxylic acids is 1. The molecule has 6 heteroatoms. The van der Waals surface area contributed by atoms with Crippen LogP contribution in [0.1, 0.15) is 17.3 Å². The quantitative estimate of drug-likeness (QED) is 0.767. The van der Waals surface area contributed by atoms with Gasteiger partial charge in [-0.1, -0.05) is 0 Å². The van der Waals surface area contributed by atoms with Gasteiger partial charge in [-0.15, -0.1) is 0 Å². The maximum absolute atomic E-state index is 10.8. The molecular weight excluding hydrogens is 266 g/mol. The summed E-state index contributed by atoms with van der Waals surface area (Å²) in [6, 6.07) is 2.52. The lowest BCUT2D eigenvalue weighted by Crippen LogP contribution is -2.07. The molecule has 0 spiro atoms. The van der Waals surface area contributed by atoms with Crippen molar-refractivity contribution in [1.82, 2.24) is 0 Å². The Balaban J connectivity index is 3.23. The first-order chi connectivity index (χ1) is 6.91. The van der Waals surface area contributed by atoms with Gasteiger partial charge in [0.1, 0.15) is 5.75 Å². The van der Waals surface area contributed by atoms with Gasteiger partial charge >= 0.3 is 5.97 Å². The van der Waals surface area contributed by atoms with Gasteiger partial charge < -0.3 is 15.5 Å². The number of hydrogen-bond acceptors (Lipinski definition) is 3. The van der Waals surface area contributed by atoms with Crippen molar-refractivity contribution in [3.05, 3.63) is 22.2 Å². The normalized spacial score (nSPS) is 9.73. The highest BCUT2D eigenvalue weighted by Crippen LogP contribution is 2.31. The summed E-state index contributed by atoms with van der Waals surface area (Å²) >= 11 is 2.94. The van der Waals surface area contributed by atoms with Gasteiger partial charge in [-0.2, -0.15) is 0 Å². The molecule has 0 bridgehead atoms. The number of carboxylic acids is 1. The smallest absolute Gasteiger partial charge is 0.337 e. The molecule has 0 aliphatic carbocycles. The standard InChI is InChI=1S/C9H8BrNO4/c1-4(12)11-5-2-6(9(14)15)8(10)7(13)3-5/h2-3,13H,1H3,(H,11,12)(H,14,15). The molecule has 0 fully saturated rings. The Kier molecular flexibility index (Phi) is 3.31. The summed E-state index contributed by atoms with van der Waals surface area (Å²) < 4.78 is 0.0871. The molecule has 0 radical (unpaired) electrons. The number of phenolic OH excluding ortho intramolecular Hbond substituents is 1. The van der Waals surface area contributed by atoms with Crippen molar-refractivity contribution >= 4 is 33.5 Å². The Hall–Kier alpha value is -1.56. The summed E-state index contributed by atoms with van der Waals surface area (Å²) in [5, 5.41) is 20.6. The molecular formula is C9H8BrNO4. The van der Waals surface area contributed by atoms with Crippen molar-refractivity contribution in [3.63, 3.8) is 0 Å². The molecule has 0 unspecified atom stereocenters. The highest BCUT2D eigenvalue weighted by atomic mass is 79.9. The van der Waals surface area contributed by atoms with E-state index in [0.717, 1.165) is 0 Å². The molecule has 5 nitrogen and oxygen atoms in total. The number of amides is 1. The molecule has 0 aromatic heterocycles. The van der Waals surface area contributed by atoms with E-state index in [2.05, 4.69) is 21.2 Å². The molecule has 0 atom stereocenters. The number of carboxylic acid groups (broad SMARTS) is 1. The van der Waals surface area contributed by atoms with E-state index in [1.165, 1.54) is 19.1 Å². The average Bonchev–Trinajstić information content (AvgIpc) is 2.09. The largest absolute Gasteiger partial charge is 0.507 e. The van der Waals surface area contributed by atoms with Gasteiger partial charge in [-0.3, -0.25) is 4.79 Å². The number of halogens is 1. The second kappa shape index (κ2) is 4.31. The number of aromatic hydroxyl groups is 1. The fourth-order valence-corrected chi connectivity index (χ4v) is 1.44. The SMILES string of the molecule is CC(=O)Nc1cc(O)c(Br)c(C(=O)O)c1. The summed E-state index contributed by atoms with van der Waals surface area (Å²) in [6.07, 6.45) is 0. The van der Waals surface area contributed by atoms with Gasteiger partial charge in [0.05, 0.1) is 10.0 Å². The van der Waals surface area contributed by atoms with Gasteiger partial charge in [-0.25, -0.2) is 4.79 Å². The second-order valence-corrected chi connectivity index (χ2v) is 3.64. The fraction of sp³-hybridized carbons (Fsp3) is 0.111. The lowest BCUT2D eigenvalue weighted by molar-refractivity contribution is -0.114. The second-order valence-electron chi connectivity index (χ2n) is 2.84. The van der Waals surface area contributed by atoms with Crippen molar-refractivity contribution in [2.75, 3.05) is 5.32 Å². The molecule has 3 N–H and O–H groups in total. The maximum atomic E-state index is 10.8. The van der Waals surface area contributed by atoms with Gasteiger partial charge in [0.15, 0.2) is 0 Å². The molecule has 1 aromatic rings. The summed E-state index contributed by atoms with van der Waals surface area (Å²) in [5.41, 5.74) is 0.124. The van der Waals surface area contributed by atoms with E-state index in [4.69, 9.17) is 5.11 Å². The topological polar surface area (TPSA) is 86.6 Å². The third-order valence-corrected chi connectivity index (χ3v) is 2.44. The summed E-state index contributed by atoms with van der Waals surface area (Å²) in [7, 11) is 0. The molecule has 0 saturated carbocycles. The minimum Gasteiger partial charge on any atom is -0.507 e. The molecule has 0 aliphatic rings. The molecule has 0 saturated heterocycles. The first kappa shape index (κ1) is 11.5. The number of benzene rings is 1. The third kappa shape index (κ3) is 2.69. The van der Waals surface area contributed by atoms with Crippen LogP contribution < -0.4 is 5.32 Å². The highest BCUT2D eigenvalue weighted by Gasteiger charge is 2.14. The number of anilines is 1. The lowest BCUT2D eigenvalue weighted by atomic mass is 10.2. The zero-order valence-electron chi connectivity index (χ0n) is 7.74. The van der Waals surface area contributed by atoms with Crippen molar-refractivity contribution in [2.24, 2.45) is 0 Å². The summed E-state index contributed by atoms with van der Waals surface area (Å²) in [5.74, 6) is -1.77. The molecule has 15 heavy (non-hydrogen) atoms. The van der Waals surface area contributed by atoms with E-state index < -0.39 is 5.97 Å². The van der Waals surface area contributed by atoms with Crippen molar-refractivity contribution in [1.29, 1.82) is 0 Å². The monoisotopic (exact) mass is 273 g/mol. The van der Waals surface area contributed by atoms with Gasteiger partial charge in [0, 0.05) is 18.7 Å². The zero-order valence-corrected chi connectivity index (χ0v) is 9.33. The Labute approximate surface area is 93.9 Å². The number of nitrogens with one attached hydrogen (secondary N) is 1. The third-order valence-electron chi connectivity index (χ3n) is 1.60. The van der Waals surface area contributed by atoms with Crippen LogP contribution in [0.4, 0.5) is 5.69 Å². The van der Waals surface area contributed by atoms with Crippen molar-refractivity contribution in [2.45, 2.75) is 6.92 Å². The number of rotatable bonds is 2. The van der Waals surface area contributed by atoms with Crippen LogP contribution in [-0.4, -0.2) is 22.1 Å². The molecule has 1 amide bonds. The summed E-state index contributed by atoms with van der Waals surface area (Å²) in [4.78, 5) is 21.5. The average molecular weight is 274 g/mol. The van der Waals surface area contributed by atoms with Crippen LogP contribution in [0.5, 0.6) is 5.75 Å². The lowest BCUT2D eigenvalue weighted by Gasteiger charge is -2.07. The molecule has 1 rings (SSSR count). The molecule has 1 aromatic carbocycles. The van der Waals surface area contributed by atoms with Gasteiger partial charge in [-0.05, 0) is 22.0 Å². The predicted molar refractivity (Wildman–Crippen MR) is 57.1 cm³/mol. The van der Waals surface area contributed by atoms with Crippen LogP contribution in [-0.2, 0) is 4.79 Å². The zero-order chi connectivity index (χ0) is 11.6. The summed E-state index contributed by atoms with van der Waals surface area (Å²) in [6.45, 7) is 1.29. The van der Waals surface area contributed by atoms with E-state index in [9.17, 15) is 14.7 Å². The van der Waals surface area contributed by atoms with E-state index in [-0.39, 0.29) is 27.4 Å². The minimum atomic E-state index is -1.19. The van der Waals surface area contributed by atoms with E-state index in [1.54, 1.807) is 0 Å². The van der Waals surface area contributed by atoms with E-state index in [0.29, 0.717) is 0 Å². The highest BCUT2D eigenvalue weighted by molar-refractivity contribution is 9.10. The fourth-order valence-electron chi connectivity index (χ4n) is 1.04. The van der Waals surface area contributed by atoms with Crippen LogP contribution in [0.2, 0.25) is 0 Å². The number of phenols is 1. The number of carbonyl (C=O) groups excluding carboxylic acids is 1. The molecule has 0 aliphatic heterocycles. The Bertz CT molecular complexity index is 430. The van der Waals surface area contributed by atoms with E-state index in [1.807, 2.05) is 0 Å². The van der Waals surface area contributed by atoms with Crippen LogP contribution >= 0.6 is 15.9 Å². The first-order valence-corrected chi connectivity index (χ1v) is 4.74. The van der Waals surface area contributed by atoms with Crippen LogP contribution in [0.15, 0.2) is 16.6 Å². The van der Waals surface area contributed by atoms with Gasteiger partial charge in [0.2, 0.25) is 5.91 Å². The molecule has 0 heterocycles. The number of hydrogen-bond donors (Lipinski definition) is 3. The maximum Gasteiger partial charge on any atom is 0.337 e. The van der Waals surface area contributed by atoms with Crippen LogP contribution in [0.3, 0.4) is 0 Å². The Morgan fingerprint density at radius 2 is 2.00 bits per heavy atom.